The van der Waals surface area contributed by atoms with Gasteiger partial charge >= 0.3 is 30.3 Å². The number of carbonyl (C=O) groups is 3. The number of alkyl halides is 6. The lowest BCUT2D eigenvalue weighted by Crippen LogP contribution is -2.33. The van der Waals surface area contributed by atoms with Gasteiger partial charge in [0.05, 0.1) is 5.92 Å². The van der Waals surface area contributed by atoms with Crippen LogP contribution in [0.5, 0.6) is 0 Å². The van der Waals surface area contributed by atoms with Crippen molar-refractivity contribution in [3.8, 4) is 0 Å². The lowest BCUT2D eigenvalue weighted by atomic mass is 10.1. The lowest BCUT2D eigenvalue weighted by Gasteiger charge is -2.19. The first-order chi connectivity index (χ1) is 11.7. The molecule has 0 rings (SSSR count). The number of esters is 3. The fourth-order valence-corrected chi connectivity index (χ4v) is 1.39. The third kappa shape index (κ3) is 12.4. The summed E-state index contributed by atoms with van der Waals surface area (Å²) in [5.41, 5.74) is 0. The molecular weight excluding hydrogens is 378 g/mol. The van der Waals surface area contributed by atoms with Crippen molar-refractivity contribution in [1.82, 2.24) is 0 Å². The van der Waals surface area contributed by atoms with Gasteiger partial charge in [-0.2, -0.15) is 26.3 Å². The summed E-state index contributed by atoms with van der Waals surface area (Å²) >= 11 is 0. The van der Waals surface area contributed by atoms with Crippen molar-refractivity contribution >= 4 is 17.9 Å². The Kier molecular flexibility index (Phi) is 9.43. The van der Waals surface area contributed by atoms with Crippen molar-refractivity contribution in [3.63, 3.8) is 0 Å². The van der Waals surface area contributed by atoms with Crippen LogP contribution >= 0.6 is 0 Å². The molecule has 0 aliphatic carbocycles. The van der Waals surface area contributed by atoms with Crippen LogP contribution in [0, 0.1) is 5.92 Å². The van der Waals surface area contributed by atoms with E-state index >= 15 is 0 Å². The highest BCUT2D eigenvalue weighted by atomic mass is 19.4. The first kappa shape index (κ1) is 24.0. The van der Waals surface area contributed by atoms with E-state index in [1.807, 2.05) is 0 Å². The average molecular weight is 396 g/mol. The standard InChI is InChI=1S/C14H18F6O6/c1-3-8(2)12(23)25-7-9(26-11(22)5-14(18,19)20)6-24-10(21)4-13(15,16)17/h8-9H,3-7H2,1-2H3. The monoisotopic (exact) mass is 396 g/mol. The minimum Gasteiger partial charge on any atom is -0.461 e. The smallest absolute Gasteiger partial charge is 0.399 e. The summed E-state index contributed by atoms with van der Waals surface area (Å²) in [4.78, 5) is 33.7. The number of ether oxygens (including phenoxy) is 3. The van der Waals surface area contributed by atoms with E-state index in [4.69, 9.17) is 4.74 Å². The third-order valence-electron chi connectivity index (χ3n) is 2.84. The Morgan fingerprint density at radius 3 is 1.77 bits per heavy atom. The van der Waals surface area contributed by atoms with E-state index in [1.54, 1.807) is 6.92 Å². The fourth-order valence-electron chi connectivity index (χ4n) is 1.39. The lowest BCUT2D eigenvalue weighted by molar-refractivity contribution is -0.188. The second kappa shape index (κ2) is 10.2. The molecule has 2 unspecified atom stereocenters. The summed E-state index contributed by atoms with van der Waals surface area (Å²) in [6.45, 7) is 1.39. The number of halogens is 6. The molecule has 6 nitrogen and oxygen atoms in total. The molecule has 12 heteroatoms. The Balaban J connectivity index is 4.74. The SMILES string of the molecule is CCC(C)C(=O)OCC(COC(=O)CC(F)(F)F)OC(=O)CC(F)(F)F. The zero-order chi connectivity index (χ0) is 20.5. The number of hydrogen-bond acceptors (Lipinski definition) is 6. The van der Waals surface area contributed by atoms with Crippen LogP contribution in [0.25, 0.3) is 0 Å². The summed E-state index contributed by atoms with van der Waals surface area (Å²) in [5, 5.41) is 0. The highest BCUT2D eigenvalue weighted by Crippen LogP contribution is 2.21. The van der Waals surface area contributed by atoms with Crippen LogP contribution in [0.2, 0.25) is 0 Å². The molecule has 26 heavy (non-hydrogen) atoms. The molecule has 0 amide bonds. The molecule has 2 atom stereocenters. The molecule has 0 fully saturated rings. The number of hydrogen-bond donors (Lipinski definition) is 0. The summed E-state index contributed by atoms with van der Waals surface area (Å²) in [6, 6.07) is 0. The predicted octanol–water partition coefficient (Wildman–Crippen LogP) is 2.94. The zero-order valence-corrected chi connectivity index (χ0v) is 13.9. The topological polar surface area (TPSA) is 78.9 Å². The van der Waals surface area contributed by atoms with Gasteiger partial charge < -0.3 is 14.2 Å². The van der Waals surface area contributed by atoms with Gasteiger partial charge in [-0.15, -0.1) is 0 Å². The van der Waals surface area contributed by atoms with Gasteiger partial charge in [-0.1, -0.05) is 13.8 Å². The Labute approximate surface area is 144 Å². The van der Waals surface area contributed by atoms with E-state index in [0.29, 0.717) is 6.42 Å². The van der Waals surface area contributed by atoms with E-state index in [9.17, 15) is 40.7 Å². The predicted molar refractivity (Wildman–Crippen MR) is 72.6 cm³/mol. The van der Waals surface area contributed by atoms with Crippen LogP contribution in [0.15, 0.2) is 0 Å². The van der Waals surface area contributed by atoms with Gasteiger partial charge in [0.2, 0.25) is 0 Å². The Hall–Kier alpha value is -2.01. The molecule has 0 saturated heterocycles. The molecule has 0 saturated carbocycles. The summed E-state index contributed by atoms with van der Waals surface area (Å²) in [5.74, 6) is -4.79. The van der Waals surface area contributed by atoms with Crippen molar-refractivity contribution in [2.45, 2.75) is 51.6 Å². The Morgan fingerprint density at radius 1 is 0.846 bits per heavy atom. The highest BCUT2D eigenvalue weighted by Gasteiger charge is 2.35. The fraction of sp³-hybridized carbons (Fsp3) is 0.786. The maximum Gasteiger partial charge on any atom is 0.399 e. The molecular formula is C14H18F6O6. The summed E-state index contributed by atoms with van der Waals surface area (Å²) in [6.07, 6.45) is -14.9. The third-order valence-corrected chi connectivity index (χ3v) is 2.84. The van der Waals surface area contributed by atoms with Crippen LogP contribution in [-0.4, -0.2) is 49.6 Å². The first-order valence-electron chi connectivity index (χ1n) is 7.38. The normalized spacial score (nSPS) is 14.3. The molecule has 0 aromatic heterocycles. The molecule has 0 heterocycles. The minimum atomic E-state index is -4.87. The first-order valence-corrected chi connectivity index (χ1v) is 7.38. The molecule has 0 aliphatic rings. The number of carbonyl (C=O) groups excluding carboxylic acids is 3. The van der Waals surface area contributed by atoms with Crippen LogP contribution < -0.4 is 0 Å². The van der Waals surface area contributed by atoms with Crippen molar-refractivity contribution in [3.05, 3.63) is 0 Å². The van der Waals surface area contributed by atoms with Gasteiger partial charge in [-0.05, 0) is 6.42 Å². The van der Waals surface area contributed by atoms with Crippen LogP contribution in [0.1, 0.15) is 33.1 Å². The van der Waals surface area contributed by atoms with Gasteiger partial charge in [0.25, 0.3) is 0 Å². The summed E-state index contributed by atoms with van der Waals surface area (Å²) in [7, 11) is 0. The van der Waals surface area contributed by atoms with Gasteiger partial charge in [0.1, 0.15) is 26.1 Å². The molecule has 0 aromatic carbocycles. The van der Waals surface area contributed by atoms with Crippen molar-refractivity contribution < 1.29 is 54.9 Å². The van der Waals surface area contributed by atoms with E-state index in [2.05, 4.69) is 9.47 Å². The molecule has 0 radical (unpaired) electrons. The van der Waals surface area contributed by atoms with Crippen molar-refractivity contribution in [2.24, 2.45) is 5.92 Å². The van der Waals surface area contributed by atoms with Crippen LogP contribution in [0.4, 0.5) is 26.3 Å². The molecule has 0 aliphatic heterocycles. The van der Waals surface area contributed by atoms with E-state index in [-0.39, 0.29) is 0 Å². The maximum absolute atomic E-state index is 12.1. The van der Waals surface area contributed by atoms with Gasteiger partial charge in [-0.3, -0.25) is 14.4 Å². The quantitative estimate of drug-likeness (QED) is 0.339. The summed E-state index contributed by atoms with van der Waals surface area (Å²) < 4.78 is 85.8. The highest BCUT2D eigenvalue weighted by molar-refractivity contribution is 5.72. The van der Waals surface area contributed by atoms with E-state index in [1.165, 1.54) is 6.92 Å². The Morgan fingerprint density at radius 2 is 1.31 bits per heavy atom. The van der Waals surface area contributed by atoms with Gasteiger partial charge in [-0.25, -0.2) is 0 Å². The van der Waals surface area contributed by atoms with Gasteiger partial charge in [0.15, 0.2) is 6.10 Å². The largest absolute Gasteiger partial charge is 0.461 e. The molecule has 152 valence electrons. The molecule has 0 N–H and O–H groups in total. The number of rotatable bonds is 9. The molecule has 0 spiro atoms. The maximum atomic E-state index is 12.1. The molecule has 0 aromatic rings. The van der Waals surface area contributed by atoms with E-state index in [0.717, 1.165) is 0 Å². The van der Waals surface area contributed by atoms with Crippen LogP contribution in [-0.2, 0) is 28.6 Å². The Bertz CT molecular complexity index is 487. The minimum absolute atomic E-state index is 0.387. The second-order valence-corrected chi connectivity index (χ2v) is 5.32. The zero-order valence-electron chi connectivity index (χ0n) is 13.9. The average Bonchev–Trinajstić information content (AvgIpc) is 2.45. The second-order valence-electron chi connectivity index (χ2n) is 5.32. The van der Waals surface area contributed by atoms with Crippen LogP contribution in [0.3, 0.4) is 0 Å². The van der Waals surface area contributed by atoms with Gasteiger partial charge in [0, 0.05) is 0 Å². The van der Waals surface area contributed by atoms with Crippen molar-refractivity contribution in [2.75, 3.05) is 13.2 Å². The van der Waals surface area contributed by atoms with E-state index < -0.39 is 68.3 Å². The molecule has 0 bridgehead atoms. The van der Waals surface area contributed by atoms with Crippen molar-refractivity contribution in [1.29, 1.82) is 0 Å².